The van der Waals surface area contributed by atoms with Crippen molar-refractivity contribution < 1.29 is 14.6 Å². The number of carbonyl (C=O) groups excluding carboxylic acids is 1. The molecular weight excluding hydrogens is 374 g/mol. The van der Waals surface area contributed by atoms with E-state index in [1.54, 1.807) is 11.8 Å². The highest BCUT2D eigenvalue weighted by molar-refractivity contribution is 7.99. The summed E-state index contributed by atoms with van der Waals surface area (Å²) in [6.07, 6.45) is 1.93. The van der Waals surface area contributed by atoms with E-state index in [9.17, 15) is 9.90 Å². The SMILES string of the molecule is CSCC(=O)N1C[C@@H]2[C@H](CO)[C@H]3CN(c4ccc5ccccc5n4)C[C@]2(C1)O3. The summed E-state index contributed by atoms with van der Waals surface area (Å²) in [6, 6.07) is 12.3. The van der Waals surface area contributed by atoms with Gasteiger partial charge in [0.05, 0.1) is 30.5 Å². The van der Waals surface area contributed by atoms with Gasteiger partial charge in [-0.25, -0.2) is 4.98 Å². The summed E-state index contributed by atoms with van der Waals surface area (Å²) in [5, 5.41) is 11.2. The van der Waals surface area contributed by atoms with E-state index in [1.165, 1.54) is 0 Å². The summed E-state index contributed by atoms with van der Waals surface area (Å²) >= 11 is 1.55. The predicted molar refractivity (Wildman–Crippen MR) is 111 cm³/mol. The number of aliphatic hydroxyl groups is 1. The van der Waals surface area contributed by atoms with Gasteiger partial charge in [0, 0.05) is 36.9 Å². The van der Waals surface area contributed by atoms with E-state index < -0.39 is 5.60 Å². The third-order valence-corrected chi connectivity index (χ3v) is 7.07. The highest BCUT2D eigenvalue weighted by Gasteiger charge is 2.63. The van der Waals surface area contributed by atoms with E-state index in [1.807, 2.05) is 29.4 Å². The van der Waals surface area contributed by atoms with E-state index in [4.69, 9.17) is 9.72 Å². The molecule has 28 heavy (non-hydrogen) atoms. The largest absolute Gasteiger partial charge is 0.396 e. The molecule has 1 aromatic carbocycles. The molecule has 2 bridgehead atoms. The molecule has 0 unspecified atom stereocenters. The van der Waals surface area contributed by atoms with Gasteiger partial charge in [-0.05, 0) is 24.5 Å². The van der Waals surface area contributed by atoms with E-state index >= 15 is 0 Å². The van der Waals surface area contributed by atoms with Gasteiger partial charge in [-0.2, -0.15) is 11.8 Å². The Bertz CT molecular complexity index is 909. The third kappa shape index (κ3) is 2.79. The van der Waals surface area contributed by atoms with Crippen LogP contribution in [-0.2, 0) is 9.53 Å². The topological polar surface area (TPSA) is 65.9 Å². The molecule has 1 amide bonds. The molecule has 4 heterocycles. The van der Waals surface area contributed by atoms with Crippen molar-refractivity contribution in [2.75, 3.05) is 49.7 Å². The van der Waals surface area contributed by atoms with Gasteiger partial charge in [-0.15, -0.1) is 0 Å². The van der Waals surface area contributed by atoms with Crippen molar-refractivity contribution in [3.05, 3.63) is 36.4 Å². The average Bonchev–Trinajstić information content (AvgIpc) is 3.15. The number of para-hydroxylation sites is 1. The highest BCUT2D eigenvalue weighted by Crippen LogP contribution is 2.49. The Morgan fingerprint density at radius 1 is 1.29 bits per heavy atom. The van der Waals surface area contributed by atoms with Gasteiger partial charge in [0.1, 0.15) is 11.4 Å². The van der Waals surface area contributed by atoms with Crippen molar-refractivity contribution in [1.82, 2.24) is 9.88 Å². The smallest absolute Gasteiger partial charge is 0.232 e. The first-order chi connectivity index (χ1) is 13.6. The quantitative estimate of drug-likeness (QED) is 0.843. The number of amides is 1. The molecular formula is C21H25N3O3S. The molecule has 4 atom stereocenters. The molecule has 148 valence electrons. The van der Waals surface area contributed by atoms with E-state index in [-0.39, 0.29) is 30.5 Å². The lowest BCUT2D eigenvalue weighted by Gasteiger charge is -2.41. The van der Waals surface area contributed by atoms with Crippen molar-refractivity contribution in [2.24, 2.45) is 11.8 Å². The van der Waals surface area contributed by atoms with Crippen molar-refractivity contribution in [1.29, 1.82) is 0 Å². The number of aromatic nitrogens is 1. The first kappa shape index (κ1) is 18.2. The zero-order valence-corrected chi connectivity index (χ0v) is 16.8. The van der Waals surface area contributed by atoms with E-state index in [0.717, 1.165) is 23.3 Å². The molecule has 3 fully saturated rings. The standard InChI is InChI=1S/C21H25N3O3S/c1-28-11-20(26)24-8-16-15(10-25)18-9-23(12-21(16,13-24)27-18)19-7-6-14-4-2-3-5-17(14)22-19/h2-7,15-16,18,25H,8-13H2,1H3/t15-,16+,18+,21+/m0/s1. The van der Waals surface area contributed by atoms with E-state index in [0.29, 0.717) is 25.4 Å². The first-order valence-corrected chi connectivity index (χ1v) is 11.2. The van der Waals surface area contributed by atoms with Crippen LogP contribution in [0.3, 0.4) is 0 Å². The molecule has 0 saturated carbocycles. The van der Waals surface area contributed by atoms with Crippen LogP contribution in [0.1, 0.15) is 0 Å². The molecule has 3 saturated heterocycles. The number of anilines is 1. The second-order valence-corrected chi connectivity index (χ2v) is 8.99. The zero-order valence-electron chi connectivity index (χ0n) is 16.0. The second kappa shape index (κ2) is 6.90. The summed E-state index contributed by atoms with van der Waals surface area (Å²) in [4.78, 5) is 21.6. The summed E-state index contributed by atoms with van der Waals surface area (Å²) in [7, 11) is 0. The molecule has 0 radical (unpaired) electrons. The summed E-state index contributed by atoms with van der Waals surface area (Å²) in [5.41, 5.74) is 0.576. The van der Waals surface area contributed by atoms with Gasteiger partial charge in [-0.3, -0.25) is 4.79 Å². The van der Waals surface area contributed by atoms with Gasteiger partial charge >= 0.3 is 0 Å². The van der Waals surface area contributed by atoms with Gasteiger partial charge in [0.25, 0.3) is 0 Å². The summed E-state index contributed by atoms with van der Waals surface area (Å²) in [5.74, 6) is 1.84. The Balaban J connectivity index is 1.45. The Kier molecular flexibility index (Phi) is 4.49. The molecule has 7 heteroatoms. The van der Waals surface area contributed by atoms with Gasteiger partial charge in [0.15, 0.2) is 0 Å². The van der Waals surface area contributed by atoms with Crippen LogP contribution < -0.4 is 4.90 Å². The van der Waals surface area contributed by atoms with Crippen molar-refractivity contribution in [3.8, 4) is 0 Å². The first-order valence-electron chi connectivity index (χ1n) is 9.80. The second-order valence-electron chi connectivity index (χ2n) is 8.12. The van der Waals surface area contributed by atoms with Crippen molar-refractivity contribution >= 4 is 34.4 Å². The lowest BCUT2D eigenvalue weighted by Crippen LogP contribution is -2.54. The minimum absolute atomic E-state index is 0.0187. The van der Waals surface area contributed by atoms with Crippen LogP contribution in [0.5, 0.6) is 0 Å². The number of ether oxygens (including phenoxy) is 1. The van der Waals surface area contributed by atoms with Crippen LogP contribution in [-0.4, -0.2) is 77.4 Å². The maximum atomic E-state index is 12.5. The van der Waals surface area contributed by atoms with E-state index in [2.05, 4.69) is 23.1 Å². The van der Waals surface area contributed by atoms with Crippen LogP contribution in [0.2, 0.25) is 0 Å². The van der Waals surface area contributed by atoms with Crippen LogP contribution in [0.15, 0.2) is 36.4 Å². The zero-order chi connectivity index (χ0) is 19.3. The number of carbonyl (C=O) groups is 1. The van der Waals surface area contributed by atoms with Gasteiger partial charge in [0.2, 0.25) is 5.91 Å². The lowest BCUT2D eigenvalue weighted by molar-refractivity contribution is -0.130. The fourth-order valence-corrected chi connectivity index (χ4v) is 5.67. The molecule has 1 N–H and O–H groups in total. The number of morpholine rings is 1. The number of likely N-dealkylation sites (tertiary alicyclic amines) is 1. The van der Waals surface area contributed by atoms with Crippen LogP contribution >= 0.6 is 11.8 Å². The van der Waals surface area contributed by atoms with Crippen LogP contribution in [0.25, 0.3) is 10.9 Å². The minimum atomic E-state index is -0.405. The summed E-state index contributed by atoms with van der Waals surface area (Å²) in [6.45, 7) is 2.82. The third-order valence-electron chi connectivity index (χ3n) is 6.53. The number of pyridine rings is 1. The Labute approximate surface area is 168 Å². The monoisotopic (exact) mass is 399 g/mol. The van der Waals surface area contributed by atoms with Crippen LogP contribution in [0, 0.1) is 11.8 Å². The number of hydrogen-bond acceptors (Lipinski definition) is 6. The maximum absolute atomic E-state index is 12.5. The Hall–Kier alpha value is -1.83. The van der Waals surface area contributed by atoms with Crippen molar-refractivity contribution in [3.63, 3.8) is 0 Å². The number of hydrogen-bond donors (Lipinski definition) is 1. The van der Waals surface area contributed by atoms with Crippen molar-refractivity contribution in [2.45, 2.75) is 11.7 Å². The highest BCUT2D eigenvalue weighted by atomic mass is 32.2. The Morgan fingerprint density at radius 2 is 2.14 bits per heavy atom. The number of nitrogens with zero attached hydrogens (tertiary/aromatic N) is 3. The number of aliphatic hydroxyl groups excluding tert-OH is 1. The molecule has 1 aromatic heterocycles. The molecule has 6 nitrogen and oxygen atoms in total. The number of thioether (sulfide) groups is 1. The molecule has 1 spiro atoms. The number of rotatable bonds is 4. The average molecular weight is 400 g/mol. The number of benzene rings is 1. The van der Waals surface area contributed by atoms with Crippen LogP contribution in [0.4, 0.5) is 5.82 Å². The number of fused-ring (bicyclic) bond motifs is 2. The molecule has 3 aliphatic rings. The van der Waals surface area contributed by atoms with Gasteiger partial charge in [-0.1, -0.05) is 18.2 Å². The Morgan fingerprint density at radius 3 is 2.96 bits per heavy atom. The molecule has 5 rings (SSSR count). The molecule has 3 aliphatic heterocycles. The summed E-state index contributed by atoms with van der Waals surface area (Å²) < 4.78 is 6.48. The van der Waals surface area contributed by atoms with Gasteiger partial charge < -0.3 is 19.6 Å². The lowest BCUT2D eigenvalue weighted by atomic mass is 9.83. The predicted octanol–water partition coefficient (Wildman–Crippen LogP) is 1.62. The molecule has 2 aromatic rings. The minimum Gasteiger partial charge on any atom is -0.396 e. The normalized spacial score (nSPS) is 31.4. The molecule has 0 aliphatic carbocycles. The fourth-order valence-electron chi connectivity index (χ4n) is 5.24. The fraction of sp³-hybridized carbons (Fsp3) is 0.524. The maximum Gasteiger partial charge on any atom is 0.232 e.